The maximum atomic E-state index is 12.9. The van der Waals surface area contributed by atoms with Gasteiger partial charge in [-0.1, -0.05) is 43.2 Å². The Morgan fingerprint density at radius 3 is 2.34 bits per heavy atom. The highest BCUT2D eigenvalue weighted by molar-refractivity contribution is 5.95. The van der Waals surface area contributed by atoms with Crippen LogP contribution in [0.3, 0.4) is 0 Å². The molecule has 156 valence electrons. The Hall–Kier alpha value is -2.73. The lowest BCUT2D eigenvalue weighted by Gasteiger charge is -2.31. The van der Waals surface area contributed by atoms with E-state index in [1.807, 2.05) is 30.3 Å². The lowest BCUT2D eigenvalue weighted by molar-refractivity contribution is 0.0907. The molecule has 1 aliphatic carbocycles. The molecule has 2 aromatic rings. The number of ether oxygens (including phenoxy) is 3. The topological polar surface area (TPSA) is 82.8 Å². The Morgan fingerprint density at radius 2 is 1.72 bits per heavy atom. The van der Waals surface area contributed by atoms with Gasteiger partial charge in [-0.3, -0.25) is 4.79 Å². The van der Waals surface area contributed by atoms with Crippen LogP contribution in [0.1, 0.15) is 41.6 Å². The van der Waals surface area contributed by atoms with E-state index in [9.17, 15) is 4.79 Å². The molecule has 0 radical (unpaired) electrons. The third-order valence-electron chi connectivity index (χ3n) is 5.48. The number of benzene rings is 2. The number of carbonyl (C=O) groups is 1. The predicted octanol–water partition coefficient (Wildman–Crippen LogP) is 3.53. The molecule has 29 heavy (non-hydrogen) atoms. The Kier molecular flexibility index (Phi) is 7.36. The molecule has 1 aliphatic rings. The Labute approximate surface area is 172 Å². The largest absolute Gasteiger partial charge is 0.493 e. The van der Waals surface area contributed by atoms with E-state index in [1.54, 1.807) is 26.4 Å². The SMILES string of the molecule is COc1cc(C(=O)NC2CCCCC2CN)cc(OC)c1OCc1ccccc1. The van der Waals surface area contributed by atoms with E-state index < -0.39 is 0 Å². The number of nitrogens with one attached hydrogen (secondary N) is 1. The minimum atomic E-state index is -0.151. The number of hydrogen-bond acceptors (Lipinski definition) is 5. The third kappa shape index (κ3) is 5.21. The van der Waals surface area contributed by atoms with Crippen molar-refractivity contribution >= 4 is 5.91 Å². The molecule has 1 fully saturated rings. The fraction of sp³-hybridized carbons (Fsp3) is 0.435. The summed E-state index contributed by atoms with van der Waals surface area (Å²) in [6.07, 6.45) is 4.30. The van der Waals surface area contributed by atoms with Crippen molar-refractivity contribution in [1.29, 1.82) is 0 Å². The maximum Gasteiger partial charge on any atom is 0.251 e. The summed E-state index contributed by atoms with van der Waals surface area (Å²) in [5, 5.41) is 3.15. The van der Waals surface area contributed by atoms with Gasteiger partial charge in [-0.2, -0.15) is 0 Å². The van der Waals surface area contributed by atoms with Crippen LogP contribution in [0.4, 0.5) is 0 Å². The van der Waals surface area contributed by atoms with Gasteiger partial charge < -0.3 is 25.3 Å². The predicted molar refractivity (Wildman–Crippen MR) is 113 cm³/mol. The zero-order valence-electron chi connectivity index (χ0n) is 17.1. The normalized spacial score (nSPS) is 18.7. The van der Waals surface area contributed by atoms with Crippen molar-refractivity contribution in [2.75, 3.05) is 20.8 Å². The molecule has 0 heterocycles. The van der Waals surface area contributed by atoms with E-state index in [4.69, 9.17) is 19.9 Å². The minimum absolute atomic E-state index is 0.104. The van der Waals surface area contributed by atoms with Crippen LogP contribution in [0.2, 0.25) is 0 Å². The number of rotatable bonds is 8. The first kappa shape index (κ1) is 21.0. The first-order valence-electron chi connectivity index (χ1n) is 10.1. The van der Waals surface area contributed by atoms with Gasteiger partial charge in [0.2, 0.25) is 5.75 Å². The van der Waals surface area contributed by atoms with E-state index in [0.29, 0.717) is 41.9 Å². The van der Waals surface area contributed by atoms with E-state index >= 15 is 0 Å². The smallest absolute Gasteiger partial charge is 0.251 e. The van der Waals surface area contributed by atoms with Crippen LogP contribution >= 0.6 is 0 Å². The average Bonchev–Trinajstić information content (AvgIpc) is 2.78. The van der Waals surface area contributed by atoms with Crippen LogP contribution in [-0.2, 0) is 6.61 Å². The summed E-state index contributed by atoms with van der Waals surface area (Å²) in [5.74, 6) is 1.58. The maximum absolute atomic E-state index is 12.9. The molecule has 0 spiro atoms. The number of hydrogen-bond donors (Lipinski definition) is 2. The molecular weight excluding hydrogens is 368 g/mol. The molecule has 0 saturated heterocycles. The monoisotopic (exact) mass is 398 g/mol. The zero-order valence-corrected chi connectivity index (χ0v) is 17.1. The molecule has 6 nitrogen and oxygen atoms in total. The highest BCUT2D eigenvalue weighted by Crippen LogP contribution is 2.39. The van der Waals surface area contributed by atoms with Gasteiger partial charge in [-0.05, 0) is 43.0 Å². The van der Waals surface area contributed by atoms with Gasteiger partial charge in [0.05, 0.1) is 14.2 Å². The molecule has 3 N–H and O–H groups in total. The van der Waals surface area contributed by atoms with Gasteiger partial charge in [-0.15, -0.1) is 0 Å². The molecule has 6 heteroatoms. The quantitative estimate of drug-likeness (QED) is 0.711. The fourth-order valence-corrected chi connectivity index (χ4v) is 3.81. The highest BCUT2D eigenvalue weighted by atomic mass is 16.5. The second-order valence-corrected chi connectivity index (χ2v) is 7.34. The van der Waals surface area contributed by atoms with Gasteiger partial charge >= 0.3 is 0 Å². The Bertz CT molecular complexity index is 785. The summed E-state index contributed by atoms with van der Waals surface area (Å²) in [4.78, 5) is 12.9. The average molecular weight is 399 g/mol. The number of carbonyl (C=O) groups excluding carboxylic acids is 1. The lowest BCUT2D eigenvalue weighted by Crippen LogP contribution is -2.44. The first-order valence-corrected chi connectivity index (χ1v) is 10.1. The van der Waals surface area contributed by atoms with E-state index in [0.717, 1.165) is 24.8 Å². The van der Waals surface area contributed by atoms with Crippen LogP contribution in [0.15, 0.2) is 42.5 Å². The minimum Gasteiger partial charge on any atom is -0.493 e. The summed E-state index contributed by atoms with van der Waals surface area (Å²) in [6.45, 7) is 0.962. The molecule has 0 bridgehead atoms. The molecule has 2 unspecified atom stereocenters. The standard InChI is InChI=1S/C23H30N2O4/c1-27-20-12-18(23(26)25-19-11-7-6-10-17(19)14-24)13-21(28-2)22(20)29-15-16-8-4-3-5-9-16/h3-5,8-9,12-13,17,19H,6-7,10-11,14-15,24H2,1-2H3,(H,25,26). The molecule has 3 rings (SSSR count). The van der Waals surface area contributed by atoms with E-state index in [-0.39, 0.29) is 11.9 Å². The van der Waals surface area contributed by atoms with Crippen LogP contribution in [0.25, 0.3) is 0 Å². The molecule has 0 aliphatic heterocycles. The highest BCUT2D eigenvalue weighted by Gasteiger charge is 2.26. The van der Waals surface area contributed by atoms with Crippen molar-refractivity contribution in [2.45, 2.75) is 38.3 Å². The second kappa shape index (κ2) is 10.2. The van der Waals surface area contributed by atoms with Crippen LogP contribution in [0.5, 0.6) is 17.2 Å². The Morgan fingerprint density at radius 1 is 1.07 bits per heavy atom. The van der Waals surface area contributed by atoms with Crippen molar-refractivity contribution in [3.05, 3.63) is 53.6 Å². The molecule has 0 aromatic heterocycles. The third-order valence-corrected chi connectivity index (χ3v) is 5.48. The molecule has 2 atom stereocenters. The number of amides is 1. The molecule has 2 aromatic carbocycles. The number of nitrogens with two attached hydrogens (primary N) is 1. The summed E-state index contributed by atoms with van der Waals surface area (Å²) >= 11 is 0. The first-order chi connectivity index (χ1) is 14.2. The van der Waals surface area contributed by atoms with Gasteiger partial charge in [0.25, 0.3) is 5.91 Å². The molecular formula is C23H30N2O4. The molecule has 1 amide bonds. The van der Waals surface area contributed by atoms with Crippen LogP contribution < -0.4 is 25.3 Å². The zero-order chi connectivity index (χ0) is 20.6. The van der Waals surface area contributed by atoms with Gasteiger partial charge in [-0.25, -0.2) is 0 Å². The second-order valence-electron chi connectivity index (χ2n) is 7.34. The fourth-order valence-electron chi connectivity index (χ4n) is 3.81. The lowest BCUT2D eigenvalue weighted by atomic mass is 9.84. The van der Waals surface area contributed by atoms with Crippen molar-refractivity contribution < 1.29 is 19.0 Å². The summed E-state index contributed by atoms with van der Waals surface area (Å²) in [6, 6.07) is 13.3. The number of methoxy groups -OCH3 is 2. The summed E-state index contributed by atoms with van der Waals surface area (Å²) in [5.41, 5.74) is 7.40. The van der Waals surface area contributed by atoms with Gasteiger partial charge in [0.1, 0.15) is 6.61 Å². The van der Waals surface area contributed by atoms with Crippen LogP contribution in [-0.4, -0.2) is 32.7 Å². The van der Waals surface area contributed by atoms with E-state index in [1.165, 1.54) is 6.42 Å². The van der Waals surface area contributed by atoms with Gasteiger partial charge in [0.15, 0.2) is 11.5 Å². The summed E-state index contributed by atoms with van der Waals surface area (Å²) in [7, 11) is 3.11. The van der Waals surface area contributed by atoms with Crippen molar-refractivity contribution in [2.24, 2.45) is 11.7 Å². The molecule has 1 saturated carbocycles. The summed E-state index contributed by atoms with van der Waals surface area (Å²) < 4.78 is 16.9. The van der Waals surface area contributed by atoms with Crippen molar-refractivity contribution in [3.63, 3.8) is 0 Å². The van der Waals surface area contributed by atoms with E-state index in [2.05, 4.69) is 5.32 Å². The van der Waals surface area contributed by atoms with Gasteiger partial charge in [0, 0.05) is 11.6 Å². The van der Waals surface area contributed by atoms with Crippen molar-refractivity contribution in [1.82, 2.24) is 5.32 Å². The Balaban J connectivity index is 1.78. The van der Waals surface area contributed by atoms with Crippen molar-refractivity contribution in [3.8, 4) is 17.2 Å². The van der Waals surface area contributed by atoms with Crippen LogP contribution in [0, 0.1) is 5.92 Å².